The Kier molecular flexibility index (Phi) is 34.4. The SMILES string of the molecule is CC/C=C\C/C=C\C/C=C\C/C=C\C/C=C\CCCC(=O)OC(COCCCCCCCC/C=C\C/C=C\C/C=C\CC)COC1OC(CO)C(O)C(O)C1O. The Bertz CT molecular complexity index is 1170. The van der Waals surface area contributed by atoms with E-state index in [0.717, 1.165) is 83.5 Å². The van der Waals surface area contributed by atoms with Crippen molar-refractivity contribution in [2.45, 2.75) is 166 Å². The Morgan fingerprint density at radius 3 is 1.55 bits per heavy atom. The van der Waals surface area contributed by atoms with Crippen LogP contribution >= 0.6 is 0 Å². The molecule has 9 heteroatoms. The summed E-state index contributed by atoms with van der Waals surface area (Å²) < 4.78 is 22.7. The summed E-state index contributed by atoms with van der Waals surface area (Å²) in [4.78, 5) is 12.7. The van der Waals surface area contributed by atoms with E-state index in [-0.39, 0.29) is 25.6 Å². The number of hydrogen-bond donors (Lipinski definition) is 4. The lowest BCUT2D eigenvalue weighted by atomic mass is 9.99. The van der Waals surface area contributed by atoms with Crippen molar-refractivity contribution in [3.63, 3.8) is 0 Å². The summed E-state index contributed by atoms with van der Waals surface area (Å²) in [6.07, 6.45) is 44.4. The van der Waals surface area contributed by atoms with Gasteiger partial charge in [-0.3, -0.25) is 4.79 Å². The molecule has 0 bridgehead atoms. The minimum absolute atomic E-state index is 0.106. The van der Waals surface area contributed by atoms with E-state index in [1.807, 2.05) is 0 Å². The topological polar surface area (TPSA) is 135 Å². The van der Waals surface area contributed by atoms with Crippen molar-refractivity contribution in [1.29, 1.82) is 0 Å². The van der Waals surface area contributed by atoms with Gasteiger partial charge in [0.2, 0.25) is 0 Å². The molecular formula is C47H76O9. The fourth-order valence-electron chi connectivity index (χ4n) is 5.72. The van der Waals surface area contributed by atoms with Gasteiger partial charge >= 0.3 is 5.97 Å². The van der Waals surface area contributed by atoms with Crippen LogP contribution in [0.4, 0.5) is 0 Å². The minimum atomic E-state index is -1.55. The molecule has 1 heterocycles. The van der Waals surface area contributed by atoms with Crippen LogP contribution in [0.2, 0.25) is 0 Å². The van der Waals surface area contributed by atoms with E-state index in [9.17, 15) is 25.2 Å². The number of carbonyl (C=O) groups excluding carboxylic acids is 1. The first-order chi connectivity index (χ1) is 27.4. The third-order valence-electron chi connectivity index (χ3n) is 9.00. The van der Waals surface area contributed by atoms with Gasteiger partial charge in [0.15, 0.2) is 6.29 Å². The zero-order valence-corrected chi connectivity index (χ0v) is 34.6. The molecule has 4 N–H and O–H groups in total. The predicted octanol–water partition coefficient (Wildman–Crippen LogP) is 9.24. The number of rotatable bonds is 34. The molecule has 0 aliphatic carbocycles. The van der Waals surface area contributed by atoms with Crippen molar-refractivity contribution in [3.8, 4) is 0 Å². The molecule has 0 amide bonds. The van der Waals surface area contributed by atoms with Crippen LogP contribution in [-0.4, -0.2) is 89.6 Å². The lowest BCUT2D eigenvalue weighted by Crippen LogP contribution is -2.59. The zero-order valence-electron chi connectivity index (χ0n) is 34.6. The van der Waals surface area contributed by atoms with Crippen molar-refractivity contribution in [1.82, 2.24) is 0 Å². The number of aliphatic hydroxyl groups excluding tert-OH is 4. The number of carbonyl (C=O) groups is 1. The third kappa shape index (κ3) is 28.5. The van der Waals surface area contributed by atoms with Crippen LogP contribution in [0.15, 0.2) is 97.2 Å². The third-order valence-corrected chi connectivity index (χ3v) is 9.00. The number of esters is 1. The van der Waals surface area contributed by atoms with Crippen LogP contribution in [0.5, 0.6) is 0 Å². The van der Waals surface area contributed by atoms with E-state index in [1.54, 1.807) is 0 Å². The van der Waals surface area contributed by atoms with Crippen molar-refractivity contribution in [3.05, 3.63) is 97.2 Å². The van der Waals surface area contributed by atoms with E-state index in [2.05, 4.69) is 111 Å². The first-order valence-corrected chi connectivity index (χ1v) is 21.3. The maximum absolute atomic E-state index is 12.7. The number of hydrogen-bond acceptors (Lipinski definition) is 9. The molecule has 1 aliphatic heterocycles. The van der Waals surface area contributed by atoms with Gasteiger partial charge < -0.3 is 39.4 Å². The molecular weight excluding hydrogens is 709 g/mol. The lowest BCUT2D eigenvalue weighted by Gasteiger charge is -2.39. The molecule has 9 nitrogen and oxygen atoms in total. The smallest absolute Gasteiger partial charge is 0.306 e. The van der Waals surface area contributed by atoms with Crippen LogP contribution in [0, 0.1) is 0 Å². The summed E-state index contributed by atoms with van der Waals surface area (Å²) in [5.74, 6) is -0.380. The molecule has 1 rings (SSSR count). The van der Waals surface area contributed by atoms with Gasteiger partial charge in [-0.2, -0.15) is 0 Å². The van der Waals surface area contributed by atoms with Gasteiger partial charge in [0.1, 0.15) is 30.5 Å². The number of unbranched alkanes of at least 4 members (excludes halogenated alkanes) is 7. The fraction of sp³-hybridized carbons (Fsp3) is 0.638. The van der Waals surface area contributed by atoms with Crippen molar-refractivity contribution in [2.75, 3.05) is 26.4 Å². The maximum atomic E-state index is 12.7. The molecule has 6 atom stereocenters. The molecule has 0 aromatic carbocycles. The van der Waals surface area contributed by atoms with Crippen LogP contribution in [0.3, 0.4) is 0 Å². The highest BCUT2D eigenvalue weighted by Crippen LogP contribution is 2.22. The van der Waals surface area contributed by atoms with Crippen molar-refractivity contribution >= 4 is 5.97 Å². The van der Waals surface area contributed by atoms with Gasteiger partial charge in [-0.1, -0.05) is 137 Å². The fourth-order valence-corrected chi connectivity index (χ4v) is 5.72. The van der Waals surface area contributed by atoms with Gasteiger partial charge in [0.25, 0.3) is 0 Å². The molecule has 0 aromatic heterocycles. The van der Waals surface area contributed by atoms with E-state index < -0.39 is 43.4 Å². The Hall–Kier alpha value is -2.89. The Morgan fingerprint density at radius 2 is 1.04 bits per heavy atom. The maximum Gasteiger partial charge on any atom is 0.306 e. The highest BCUT2D eigenvalue weighted by molar-refractivity contribution is 5.69. The summed E-state index contributed by atoms with van der Waals surface area (Å²) in [6.45, 7) is 4.20. The van der Waals surface area contributed by atoms with Crippen LogP contribution in [0.25, 0.3) is 0 Å². The van der Waals surface area contributed by atoms with Crippen molar-refractivity contribution in [2.24, 2.45) is 0 Å². The van der Waals surface area contributed by atoms with Gasteiger partial charge in [-0.05, 0) is 83.5 Å². The highest BCUT2D eigenvalue weighted by Gasteiger charge is 2.44. The first kappa shape index (κ1) is 51.1. The molecule has 0 aromatic rings. The second kappa shape index (κ2) is 37.7. The molecule has 0 radical (unpaired) electrons. The monoisotopic (exact) mass is 785 g/mol. The molecule has 1 fully saturated rings. The van der Waals surface area contributed by atoms with E-state index in [0.29, 0.717) is 13.0 Å². The Labute approximate surface area is 339 Å². The highest BCUT2D eigenvalue weighted by atomic mass is 16.7. The number of aliphatic hydroxyl groups is 4. The van der Waals surface area contributed by atoms with E-state index in [4.69, 9.17) is 18.9 Å². The minimum Gasteiger partial charge on any atom is -0.457 e. The van der Waals surface area contributed by atoms with Crippen LogP contribution in [-0.2, 0) is 23.7 Å². The largest absolute Gasteiger partial charge is 0.457 e. The van der Waals surface area contributed by atoms with Crippen molar-refractivity contribution < 1.29 is 44.2 Å². The quantitative estimate of drug-likeness (QED) is 0.0286. The number of allylic oxidation sites excluding steroid dienone is 16. The summed E-state index contributed by atoms with van der Waals surface area (Å²) in [5, 5.41) is 40.1. The predicted molar refractivity (Wildman–Crippen MR) is 228 cm³/mol. The van der Waals surface area contributed by atoms with Gasteiger partial charge in [-0.15, -0.1) is 0 Å². The Balaban J connectivity index is 2.36. The first-order valence-electron chi connectivity index (χ1n) is 21.3. The summed E-state index contributed by atoms with van der Waals surface area (Å²) in [6, 6.07) is 0. The normalized spacial score (nSPS) is 21.6. The second-order valence-electron chi connectivity index (χ2n) is 14.0. The van der Waals surface area contributed by atoms with E-state index in [1.165, 1.54) is 19.3 Å². The summed E-state index contributed by atoms with van der Waals surface area (Å²) in [5.41, 5.74) is 0. The zero-order chi connectivity index (χ0) is 40.7. The van der Waals surface area contributed by atoms with Gasteiger partial charge in [0, 0.05) is 13.0 Å². The average Bonchev–Trinajstić information content (AvgIpc) is 3.20. The summed E-state index contributed by atoms with van der Waals surface area (Å²) in [7, 11) is 0. The lowest BCUT2D eigenvalue weighted by molar-refractivity contribution is -0.305. The number of ether oxygens (including phenoxy) is 4. The average molecular weight is 785 g/mol. The van der Waals surface area contributed by atoms with Crippen LogP contribution < -0.4 is 0 Å². The van der Waals surface area contributed by atoms with Gasteiger partial charge in [0.05, 0.1) is 19.8 Å². The Morgan fingerprint density at radius 1 is 0.571 bits per heavy atom. The molecule has 6 unspecified atom stereocenters. The summed E-state index contributed by atoms with van der Waals surface area (Å²) >= 11 is 0. The van der Waals surface area contributed by atoms with Crippen LogP contribution in [0.1, 0.15) is 129 Å². The van der Waals surface area contributed by atoms with E-state index >= 15 is 0 Å². The standard InChI is InChI=1S/C47H76O9/c1-3-5-7-9-11-13-15-17-19-21-22-24-26-28-30-32-34-36-43(49)55-41(40-54-47-46(52)45(51)44(50)42(38-48)56-47)39-53-37-35-33-31-29-27-25-23-20-18-16-14-12-10-8-6-4-2/h5-8,11-14,17-20,22,24,28,30,41-42,44-48,50-52H,3-4,9-10,15-16,21,23,25-27,29,31-40H2,1-2H3/b7-5-,8-6-,13-11-,14-12-,19-17-,20-18-,24-22-,30-28-. The molecule has 56 heavy (non-hydrogen) atoms. The molecule has 318 valence electrons. The molecule has 0 saturated carbocycles. The van der Waals surface area contributed by atoms with Gasteiger partial charge in [-0.25, -0.2) is 0 Å². The molecule has 1 saturated heterocycles. The molecule has 1 aliphatic rings. The second-order valence-corrected chi connectivity index (χ2v) is 14.0. The molecule has 0 spiro atoms.